The maximum atomic E-state index is 6.69. The van der Waals surface area contributed by atoms with Crippen LogP contribution in [0, 0.1) is 23.2 Å². The Morgan fingerprint density at radius 1 is 1.29 bits per heavy atom. The van der Waals surface area contributed by atoms with Crippen LogP contribution in [0.4, 0.5) is 0 Å². The lowest BCUT2D eigenvalue weighted by Gasteiger charge is -2.64. The average molecular weight is 279 g/mol. The highest BCUT2D eigenvalue weighted by molar-refractivity contribution is 8.50. The molecule has 3 fully saturated rings. The minimum absolute atomic E-state index is 0.528. The van der Waals surface area contributed by atoms with Crippen molar-refractivity contribution in [1.29, 1.82) is 0 Å². The van der Waals surface area contributed by atoms with Gasteiger partial charge in [0.2, 0.25) is 0 Å². The van der Waals surface area contributed by atoms with E-state index >= 15 is 0 Å². The number of rotatable bonds is 4. The van der Waals surface area contributed by atoms with E-state index in [0.717, 1.165) is 25.0 Å². The number of hydrogen-bond donors (Lipinski definition) is 0. The molecule has 3 rings (SSSR count). The van der Waals surface area contributed by atoms with Gasteiger partial charge < -0.3 is 4.74 Å². The fourth-order valence-electron chi connectivity index (χ4n) is 4.02. The van der Waals surface area contributed by atoms with Gasteiger partial charge in [0.05, 0.1) is 6.61 Å². The molecule has 102 valence electrons. The summed E-state index contributed by atoms with van der Waals surface area (Å²) < 4.78 is 5.74. The van der Waals surface area contributed by atoms with E-state index in [-0.39, 0.29) is 0 Å². The molecule has 0 N–H and O–H groups in total. The quantitative estimate of drug-likeness (QED) is 0.745. The van der Waals surface area contributed by atoms with Crippen LogP contribution in [0.3, 0.4) is 0 Å². The van der Waals surface area contributed by atoms with E-state index in [1.54, 1.807) is 0 Å². The third-order valence-electron chi connectivity index (χ3n) is 5.29. The Labute approximate surface area is 112 Å². The van der Waals surface area contributed by atoms with E-state index in [9.17, 15) is 0 Å². The van der Waals surface area contributed by atoms with E-state index in [0.29, 0.717) is 16.6 Å². The summed E-state index contributed by atoms with van der Waals surface area (Å²) >= 11 is 0. The Hall–Kier alpha value is 0.600. The molecule has 0 spiro atoms. The fourth-order valence-corrected chi connectivity index (χ4v) is 6.42. The van der Waals surface area contributed by atoms with Crippen molar-refractivity contribution in [3.63, 3.8) is 0 Å². The van der Waals surface area contributed by atoms with Crippen molar-refractivity contribution in [1.82, 2.24) is 0 Å². The summed E-state index contributed by atoms with van der Waals surface area (Å²) in [5, 5.41) is 0.701. The first-order chi connectivity index (χ1) is 7.78. The summed E-state index contributed by atoms with van der Waals surface area (Å²) in [4.78, 5) is 0. The van der Waals surface area contributed by atoms with Crippen LogP contribution in [-0.4, -0.2) is 31.0 Å². The van der Waals surface area contributed by atoms with Crippen LogP contribution in [-0.2, 0) is 4.74 Å². The highest BCUT2D eigenvalue weighted by Crippen LogP contribution is 2.69. The van der Waals surface area contributed by atoms with Gasteiger partial charge in [0.1, 0.15) is 0 Å². The predicted molar refractivity (Wildman–Crippen MR) is 79.1 cm³/mol. The monoisotopic (exact) mass is 278 g/mol. The van der Waals surface area contributed by atoms with Gasteiger partial charge in [-0.3, -0.25) is 0 Å². The molecular formula is C14H27ClOS. The van der Waals surface area contributed by atoms with Crippen molar-refractivity contribution >= 4 is 19.9 Å². The Balaban J connectivity index is 2.14. The first-order valence-electron chi connectivity index (χ1n) is 6.78. The van der Waals surface area contributed by atoms with Crippen molar-refractivity contribution < 1.29 is 4.74 Å². The van der Waals surface area contributed by atoms with E-state index in [1.165, 1.54) is 12.8 Å². The molecule has 3 saturated carbocycles. The van der Waals surface area contributed by atoms with Gasteiger partial charge in [-0.15, -0.1) is 0 Å². The third-order valence-corrected chi connectivity index (χ3v) is 7.96. The van der Waals surface area contributed by atoms with Crippen molar-refractivity contribution in [2.45, 2.75) is 38.9 Å². The van der Waals surface area contributed by atoms with Gasteiger partial charge in [-0.2, -0.15) is 9.24 Å². The molecule has 4 atom stereocenters. The molecule has 4 unspecified atom stereocenters. The lowest BCUT2D eigenvalue weighted by atomic mass is 9.45. The number of ether oxygens (including phenoxy) is 1. The minimum atomic E-state index is -0.966. The van der Waals surface area contributed by atoms with Crippen molar-refractivity contribution in [3.05, 3.63) is 0 Å². The molecule has 0 saturated heterocycles. The largest absolute Gasteiger partial charge is 0.381 e. The summed E-state index contributed by atoms with van der Waals surface area (Å²) in [6, 6.07) is 0. The zero-order chi connectivity index (χ0) is 12.8. The Morgan fingerprint density at radius 2 is 1.94 bits per heavy atom. The molecule has 3 aliphatic carbocycles. The molecular weight excluding hydrogens is 252 g/mol. The van der Waals surface area contributed by atoms with E-state index in [1.807, 2.05) is 0 Å². The fraction of sp³-hybridized carbons (Fsp3) is 1.00. The maximum Gasteiger partial charge on any atom is 0.0507 e. The predicted octanol–water partition coefficient (Wildman–Crippen LogP) is 4.29. The van der Waals surface area contributed by atoms with Crippen molar-refractivity contribution in [2.75, 3.05) is 25.7 Å². The average Bonchev–Trinajstić information content (AvgIpc) is 2.24. The van der Waals surface area contributed by atoms with Crippen molar-refractivity contribution in [3.8, 4) is 0 Å². The molecule has 0 amide bonds. The molecule has 0 heterocycles. The Morgan fingerprint density at radius 3 is 2.41 bits per heavy atom. The van der Waals surface area contributed by atoms with Crippen LogP contribution in [0.25, 0.3) is 0 Å². The second-order valence-corrected chi connectivity index (χ2v) is 12.3. The standard InChI is InChI=1S/C14H27ClOS/c1-6-16-9-11-12-7-10(14(12,2)3)8-13(11)17(4,5)15/h10-13H,6-9H2,1-5H3. The lowest BCUT2D eigenvalue weighted by Crippen LogP contribution is -2.59. The molecule has 17 heavy (non-hydrogen) atoms. The van der Waals surface area contributed by atoms with Gasteiger partial charge in [0, 0.05) is 11.9 Å². The molecule has 2 bridgehead atoms. The van der Waals surface area contributed by atoms with Gasteiger partial charge >= 0.3 is 0 Å². The summed E-state index contributed by atoms with van der Waals surface area (Å²) in [6.45, 7) is 8.73. The van der Waals surface area contributed by atoms with Crippen LogP contribution in [0.2, 0.25) is 0 Å². The van der Waals surface area contributed by atoms with Gasteiger partial charge in [-0.05, 0) is 55.4 Å². The molecule has 0 aromatic carbocycles. The highest BCUT2D eigenvalue weighted by atomic mass is 35.7. The second kappa shape index (κ2) is 4.61. The van der Waals surface area contributed by atoms with E-state index < -0.39 is 9.24 Å². The molecule has 0 aromatic rings. The van der Waals surface area contributed by atoms with E-state index in [4.69, 9.17) is 15.4 Å². The molecule has 3 aliphatic rings. The van der Waals surface area contributed by atoms with Gasteiger partial charge in [0.15, 0.2) is 0 Å². The van der Waals surface area contributed by atoms with Gasteiger partial charge in [-0.25, -0.2) is 0 Å². The molecule has 0 radical (unpaired) electrons. The number of hydrogen-bond acceptors (Lipinski definition) is 1. The van der Waals surface area contributed by atoms with Crippen molar-refractivity contribution in [2.24, 2.45) is 23.2 Å². The highest BCUT2D eigenvalue weighted by Gasteiger charge is 2.59. The van der Waals surface area contributed by atoms with Crippen LogP contribution in [0.15, 0.2) is 0 Å². The zero-order valence-corrected chi connectivity index (χ0v) is 13.4. The summed E-state index contributed by atoms with van der Waals surface area (Å²) in [5.41, 5.74) is 0.528. The first-order valence-corrected chi connectivity index (χ1v) is 10.1. The Bertz CT molecular complexity index is 284. The maximum absolute atomic E-state index is 6.69. The topological polar surface area (TPSA) is 9.23 Å². The smallest absolute Gasteiger partial charge is 0.0507 e. The first kappa shape index (κ1) is 14.0. The van der Waals surface area contributed by atoms with Crippen LogP contribution >= 0.6 is 19.9 Å². The Kier molecular flexibility index (Phi) is 3.80. The van der Waals surface area contributed by atoms with Crippen LogP contribution < -0.4 is 0 Å². The molecule has 3 heteroatoms. The lowest BCUT2D eigenvalue weighted by molar-refractivity contribution is -0.119. The third kappa shape index (κ3) is 2.37. The molecule has 0 aromatic heterocycles. The zero-order valence-electron chi connectivity index (χ0n) is 11.8. The summed E-state index contributed by atoms with van der Waals surface area (Å²) in [5.74, 6) is 2.43. The number of fused-ring (bicyclic) bond motifs is 2. The van der Waals surface area contributed by atoms with Gasteiger partial charge in [-0.1, -0.05) is 24.5 Å². The van der Waals surface area contributed by atoms with Crippen LogP contribution in [0.5, 0.6) is 0 Å². The van der Waals surface area contributed by atoms with Gasteiger partial charge in [0.25, 0.3) is 0 Å². The minimum Gasteiger partial charge on any atom is -0.381 e. The summed E-state index contributed by atoms with van der Waals surface area (Å²) in [7, 11) is 5.73. The SMILES string of the molecule is CCOCC1C2CC(CC1S(C)(C)Cl)C2(C)C. The van der Waals surface area contributed by atoms with E-state index in [2.05, 4.69) is 33.3 Å². The molecule has 0 aliphatic heterocycles. The van der Waals surface area contributed by atoms with Crippen LogP contribution in [0.1, 0.15) is 33.6 Å². The molecule has 1 nitrogen and oxygen atoms in total. The summed E-state index contributed by atoms with van der Waals surface area (Å²) in [6.07, 6.45) is 7.26. The second-order valence-electron chi connectivity index (χ2n) is 6.74. The number of halogens is 1. The normalized spacial score (nSPS) is 40.8.